The molecule has 1 aromatic carbocycles. The average Bonchev–Trinajstić information content (AvgIpc) is 2.41. The smallest absolute Gasteiger partial charge is 0.322 e. The van der Waals surface area contributed by atoms with Crippen LogP contribution in [0.3, 0.4) is 0 Å². The third-order valence-electron chi connectivity index (χ3n) is 3.46. The minimum Gasteiger partial charge on any atom is -0.480 e. The summed E-state index contributed by atoms with van der Waals surface area (Å²) in [5, 5.41) is 9.82. The van der Waals surface area contributed by atoms with Crippen LogP contribution >= 0.6 is 11.6 Å². The number of halogens is 1. The van der Waals surface area contributed by atoms with Crippen molar-refractivity contribution in [2.24, 2.45) is 5.73 Å². The zero-order valence-electron chi connectivity index (χ0n) is 10.6. The molecule has 0 aliphatic carbocycles. The van der Waals surface area contributed by atoms with Gasteiger partial charge in [0, 0.05) is 32.7 Å². The van der Waals surface area contributed by atoms with Crippen LogP contribution in [0.15, 0.2) is 24.3 Å². The Morgan fingerprint density at radius 1 is 1.32 bits per heavy atom. The van der Waals surface area contributed by atoms with Crippen LogP contribution in [0.1, 0.15) is 0 Å². The summed E-state index contributed by atoms with van der Waals surface area (Å²) in [6, 6.07) is 7.11. The van der Waals surface area contributed by atoms with Crippen LogP contribution < -0.4 is 10.6 Å². The minimum absolute atomic E-state index is 0.140. The van der Waals surface area contributed by atoms with Gasteiger partial charge in [0.25, 0.3) is 0 Å². The topological polar surface area (TPSA) is 69.8 Å². The lowest BCUT2D eigenvalue weighted by atomic mass is 10.2. The molecule has 104 valence electrons. The first kappa shape index (κ1) is 14.1. The van der Waals surface area contributed by atoms with E-state index in [-0.39, 0.29) is 6.54 Å². The van der Waals surface area contributed by atoms with Gasteiger partial charge in [-0.1, -0.05) is 23.7 Å². The predicted octanol–water partition coefficient (Wildman–Crippen LogP) is 0.874. The normalized spacial score (nSPS) is 18.3. The molecule has 1 fully saturated rings. The molecular weight excluding hydrogens is 266 g/mol. The number of nitrogens with zero attached hydrogens (tertiary/aromatic N) is 2. The van der Waals surface area contributed by atoms with Gasteiger partial charge in [-0.05, 0) is 12.1 Å². The number of aliphatic carboxylic acids is 1. The highest BCUT2D eigenvalue weighted by Crippen LogP contribution is 2.26. The summed E-state index contributed by atoms with van der Waals surface area (Å²) in [5.41, 5.74) is 6.52. The summed E-state index contributed by atoms with van der Waals surface area (Å²) in [6.45, 7) is 3.02. The molecule has 0 saturated carbocycles. The second-order valence-electron chi connectivity index (χ2n) is 4.56. The number of nitrogens with two attached hydrogens (primary N) is 1. The van der Waals surface area contributed by atoms with Gasteiger partial charge in [0.2, 0.25) is 0 Å². The van der Waals surface area contributed by atoms with Crippen molar-refractivity contribution in [3.8, 4) is 0 Å². The molecule has 1 aliphatic heterocycles. The highest BCUT2D eigenvalue weighted by Gasteiger charge is 2.28. The number of rotatable bonds is 4. The third-order valence-corrected chi connectivity index (χ3v) is 3.78. The first-order chi connectivity index (χ1) is 9.13. The predicted molar refractivity (Wildman–Crippen MR) is 75.7 cm³/mol. The van der Waals surface area contributed by atoms with Crippen LogP contribution in [0.4, 0.5) is 5.69 Å². The summed E-state index contributed by atoms with van der Waals surface area (Å²) in [5.74, 6) is -0.853. The third kappa shape index (κ3) is 3.18. The molecule has 3 N–H and O–H groups in total. The van der Waals surface area contributed by atoms with Crippen molar-refractivity contribution >= 4 is 23.3 Å². The van der Waals surface area contributed by atoms with Gasteiger partial charge in [0.1, 0.15) is 6.04 Å². The van der Waals surface area contributed by atoms with Gasteiger partial charge < -0.3 is 15.7 Å². The quantitative estimate of drug-likeness (QED) is 0.858. The maximum Gasteiger partial charge on any atom is 0.322 e. The van der Waals surface area contributed by atoms with Gasteiger partial charge in [-0.3, -0.25) is 9.69 Å². The van der Waals surface area contributed by atoms with Gasteiger partial charge in [-0.15, -0.1) is 0 Å². The molecule has 19 heavy (non-hydrogen) atoms. The fourth-order valence-electron chi connectivity index (χ4n) is 2.39. The van der Waals surface area contributed by atoms with Gasteiger partial charge >= 0.3 is 5.97 Å². The van der Waals surface area contributed by atoms with Crippen LogP contribution in [-0.4, -0.2) is 54.7 Å². The van der Waals surface area contributed by atoms with E-state index in [4.69, 9.17) is 22.4 Å². The molecule has 1 unspecified atom stereocenters. The van der Waals surface area contributed by atoms with Crippen molar-refractivity contribution in [3.05, 3.63) is 29.3 Å². The van der Waals surface area contributed by atoms with E-state index in [1.54, 1.807) is 0 Å². The standard InChI is InChI=1S/C13H18ClN3O2/c14-10-3-1-2-4-11(10)16-5-7-17(8-6-16)12(9-15)13(18)19/h1-4,12H,5-9,15H2,(H,18,19). The Morgan fingerprint density at radius 3 is 2.47 bits per heavy atom. The molecule has 0 spiro atoms. The van der Waals surface area contributed by atoms with Crippen molar-refractivity contribution in [2.75, 3.05) is 37.6 Å². The number of piperazine rings is 1. The zero-order chi connectivity index (χ0) is 13.8. The molecule has 0 bridgehead atoms. The summed E-state index contributed by atoms with van der Waals surface area (Å²) in [4.78, 5) is 15.2. The number of para-hydroxylation sites is 1. The molecule has 5 nitrogen and oxygen atoms in total. The maximum absolute atomic E-state index is 11.1. The van der Waals surface area contributed by atoms with Crippen LogP contribution in [0.25, 0.3) is 0 Å². The average molecular weight is 284 g/mol. The molecule has 0 radical (unpaired) electrons. The first-order valence-electron chi connectivity index (χ1n) is 6.30. The lowest BCUT2D eigenvalue weighted by Gasteiger charge is -2.38. The lowest BCUT2D eigenvalue weighted by molar-refractivity contribution is -0.143. The van der Waals surface area contributed by atoms with Crippen molar-refractivity contribution in [3.63, 3.8) is 0 Å². The van der Waals surface area contributed by atoms with Gasteiger partial charge in [0.15, 0.2) is 0 Å². The molecule has 1 atom stereocenters. The van der Waals surface area contributed by atoms with Crippen molar-refractivity contribution in [2.45, 2.75) is 6.04 Å². The molecule has 2 rings (SSSR count). The maximum atomic E-state index is 11.1. The summed E-state index contributed by atoms with van der Waals surface area (Å²) >= 11 is 6.16. The number of hydrogen-bond donors (Lipinski definition) is 2. The fourth-order valence-corrected chi connectivity index (χ4v) is 2.64. The van der Waals surface area contributed by atoms with E-state index in [1.807, 2.05) is 29.2 Å². The van der Waals surface area contributed by atoms with Gasteiger partial charge in [-0.2, -0.15) is 0 Å². The van der Waals surface area contributed by atoms with Crippen LogP contribution in [0, 0.1) is 0 Å². The van der Waals surface area contributed by atoms with E-state index in [1.165, 1.54) is 0 Å². The van der Waals surface area contributed by atoms with Crippen LogP contribution in [-0.2, 0) is 4.79 Å². The van der Waals surface area contributed by atoms with Crippen LogP contribution in [0.2, 0.25) is 5.02 Å². The number of carbonyl (C=O) groups is 1. The van der Waals surface area contributed by atoms with Gasteiger partial charge in [0.05, 0.1) is 10.7 Å². The summed E-state index contributed by atoms with van der Waals surface area (Å²) < 4.78 is 0. The molecule has 1 saturated heterocycles. The Balaban J connectivity index is 2.00. The summed E-state index contributed by atoms with van der Waals surface area (Å²) in [7, 11) is 0. The van der Waals surface area contributed by atoms with E-state index in [0.717, 1.165) is 23.8 Å². The number of carboxylic acids is 1. The van der Waals surface area contributed by atoms with E-state index in [9.17, 15) is 4.79 Å². The fraction of sp³-hybridized carbons (Fsp3) is 0.462. The first-order valence-corrected chi connectivity index (χ1v) is 6.67. The lowest BCUT2D eigenvalue weighted by Crippen LogP contribution is -2.55. The number of hydrogen-bond acceptors (Lipinski definition) is 4. The number of benzene rings is 1. The molecule has 0 aromatic heterocycles. The van der Waals surface area contributed by atoms with Crippen molar-refractivity contribution in [1.82, 2.24) is 4.90 Å². The molecule has 0 amide bonds. The molecule has 1 aromatic rings. The van der Waals surface area contributed by atoms with E-state index in [2.05, 4.69) is 4.90 Å². The Morgan fingerprint density at radius 2 is 1.95 bits per heavy atom. The van der Waals surface area contributed by atoms with Gasteiger partial charge in [-0.25, -0.2) is 0 Å². The summed E-state index contributed by atoms with van der Waals surface area (Å²) in [6.07, 6.45) is 0. The largest absolute Gasteiger partial charge is 0.480 e. The highest BCUT2D eigenvalue weighted by atomic mass is 35.5. The second-order valence-corrected chi connectivity index (χ2v) is 4.97. The Kier molecular flexibility index (Phi) is 4.63. The Hall–Kier alpha value is -1.30. The van der Waals surface area contributed by atoms with E-state index >= 15 is 0 Å². The van der Waals surface area contributed by atoms with Crippen LogP contribution in [0.5, 0.6) is 0 Å². The van der Waals surface area contributed by atoms with E-state index < -0.39 is 12.0 Å². The van der Waals surface area contributed by atoms with E-state index in [0.29, 0.717) is 13.1 Å². The Labute approximate surface area is 117 Å². The van der Waals surface area contributed by atoms with Crippen molar-refractivity contribution in [1.29, 1.82) is 0 Å². The molecule has 1 heterocycles. The highest BCUT2D eigenvalue weighted by molar-refractivity contribution is 6.33. The Bertz CT molecular complexity index is 447. The molecular formula is C13H18ClN3O2. The number of carboxylic acid groups (broad SMARTS) is 1. The van der Waals surface area contributed by atoms with Crippen molar-refractivity contribution < 1.29 is 9.90 Å². The molecule has 1 aliphatic rings. The monoisotopic (exact) mass is 283 g/mol. The number of anilines is 1. The zero-order valence-corrected chi connectivity index (χ0v) is 11.4. The minimum atomic E-state index is -0.853. The SMILES string of the molecule is NCC(C(=O)O)N1CCN(c2ccccc2Cl)CC1. The molecule has 6 heteroatoms. The second kappa shape index (κ2) is 6.23.